The van der Waals surface area contributed by atoms with E-state index in [1.807, 2.05) is 16.7 Å². The van der Waals surface area contributed by atoms with Gasteiger partial charge >= 0.3 is 0 Å². The average Bonchev–Trinajstić information content (AvgIpc) is 2.94. The Morgan fingerprint density at radius 1 is 0.846 bits per heavy atom. The molecule has 196 valence electrons. The van der Waals surface area contributed by atoms with Gasteiger partial charge in [-0.15, -0.1) is 0 Å². The van der Waals surface area contributed by atoms with E-state index in [9.17, 15) is 18.8 Å². The molecule has 2 unspecified atom stereocenters. The lowest BCUT2D eigenvalue weighted by Crippen LogP contribution is -2.47. The number of carbonyl (C=O) groups is 2. The molecule has 2 atom stereocenters. The summed E-state index contributed by atoms with van der Waals surface area (Å²) in [6.45, 7) is 2.02. The molecule has 0 saturated carbocycles. The van der Waals surface area contributed by atoms with Crippen molar-refractivity contribution in [2.45, 2.75) is 18.9 Å². The number of anilines is 3. The van der Waals surface area contributed by atoms with Gasteiger partial charge in [0, 0.05) is 66.5 Å². The number of aromatic nitrogens is 2. The molecular formula is C30H26FN5O3. The van der Waals surface area contributed by atoms with Crippen molar-refractivity contribution in [2.24, 2.45) is 5.92 Å². The monoisotopic (exact) mass is 523 g/mol. The molecular weight excluding hydrogens is 497 g/mol. The first-order valence-electron chi connectivity index (χ1n) is 12.8. The lowest BCUT2D eigenvalue weighted by molar-refractivity contribution is 0.101. The van der Waals surface area contributed by atoms with Crippen molar-refractivity contribution < 1.29 is 14.0 Å². The molecule has 2 bridgehead atoms. The second-order valence-corrected chi connectivity index (χ2v) is 9.99. The quantitative estimate of drug-likeness (QED) is 0.401. The van der Waals surface area contributed by atoms with Crippen molar-refractivity contribution in [2.75, 3.05) is 28.6 Å². The molecule has 2 aromatic heterocycles. The van der Waals surface area contributed by atoms with Gasteiger partial charge in [-0.1, -0.05) is 6.07 Å². The Morgan fingerprint density at radius 3 is 2.38 bits per heavy atom. The van der Waals surface area contributed by atoms with Gasteiger partial charge < -0.3 is 20.1 Å². The molecule has 4 heterocycles. The minimum atomic E-state index is -0.429. The largest absolute Gasteiger partial charge is 0.369 e. The number of pyridine rings is 2. The lowest BCUT2D eigenvalue weighted by atomic mass is 9.83. The molecule has 1 fully saturated rings. The van der Waals surface area contributed by atoms with Gasteiger partial charge in [-0.3, -0.25) is 19.4 Å². The summed E-state index contributed by atoms with van der Waals surface area (Å²) < 4.78 is 15.3. The minimum absolute atomic E-state index is 0.0208. The lowest BCUT2D eigenvalue weighted by Gasteiger charge is -2.44. The number of hydrogen-bond donors (Lipinski definition) is 2. The summed E-state index contributed by atoms with van der Waals surface area (Å²) >= 11 is 0. The molecule has 8 nitrogen and oxygen atoms in total. The summed E-state index contributed by atoms with van der Waals surface area (Å²) in [5.74, 6) is -0.722. The summed E-state index contributed by atoms with van der Waals surface area (Å²) in [6.07, 6.45) is 4.17. The first-order chi connectivity index (χ1) is 18.9. The average molecular weight is 524 g/mol. The van der Waals surface area contributed by atoms with E-state index in [0.717, 1.165) is 17.8 Å². The molecule has 0 spiro atoms. The molecule has 2 aromatic carbocycles. The van der Waals surface area contributed by atoms with Crippen LogP contribution in [0.25, 0.3) is 0 Å². The Balaban J connectivity index is 1.33. The molecule has 4 aromatic rings. The van der Waals surface area contributed by atoms with Crippen LogP contribution in [0.4, 0.5) is 21.5 Å². The van der Waals surface area contributed by atoms with Gasteiger partial charge in [0.25, 0.3) is 17.4 Å². The van der Waals surface area contributed by atoms with Crippen LogP contribution in [0.3, 0.4) is 0 Å². The SMILES string of the molecule is O=C(Nc1ccncc1)c1ccc(N2CC3CC(C2)c2cccc(=O)n2C3)c(NC(=O)c2ccc(F)cc2)c1. The van der Waals surface area contributed by atoms with Crippen molar-refractivity contribution in [3.63, 3.8) is 0 Å². The predicted molar refractivity (Wildman–Crippen MR) is 147 cm³/mol. The van der Waals surface area contributed by atoms with Crippen molar-refractivity contribution in [3.8, 4) is 0 Å². The Hall–Kier alpha value is -4.79. The van der Waals surface area contributed by atoms with Gasteiger partial charge in [-0.05, 0) is 73.0 Å². The standard InChI is InChI=1S/C30H26FN5O3/c31-23-7-4-20(5-8-23)29(38)34-25-15-21(30(39)33-24-10-12-32-13-11-24)6-9-27(25)35-16-19-14-22(18-35)26-2-1-3-28(37)36(26)17-19/h1-13,15,19,22H,14,16-18H2,(H,34,38)(H,32,33,39). The van der Waals surface area contributed by atoms with Crippen molar-refractivity contribution in [3.05, 3.63) is 118 Å². The normalized spacial score (nSPS) is 17.7. The fourth-order valence-corrected chi connectivity index (χ4v) is 5.58. The molecule has 0 aliphatic carbocycles. The fraction of sp³-hybridized carbons (Fsp3) is 0.200. The molecule has 39 heavy (non-hydrogen) atoms. The summed E-state index contributed by atoms with van der Waals surface area (Å²) in [6, 6.07) is 19.4. The Kier molecular flexibility index (Phi) is 6.40. The van der Waals surface area contributed by atoms with Crippen LogP contribution in [-0.2, 0) is 6.54 Å². The van der Waals surface area contributed by atoms with E-state index in [1.54, 1.807) is 48.8 Å². The first kappa shape index (κ1) is 24.5. The molecule has 1 saturated heterocycles. The van der Waals surface area contributed by atoms with E-state index in [4.69, 9.17) is 0 Å². The molecule has 2 aliphatic rings. The number of nitrogens with zero attached hydrogens (tertiary/aromatic N) is 3. The number of carbonyl (C=O) groups excluding carboxylic acids is 2. The zero-order valence-corrected chi connectivity index (χ0v) is 21.0. The third-order valence-electron chi connectivity index (χ3n) is 7.37. The minimum Gasteiger partial charge on any atom is -0.369 e. The van der Waals surface area contributed by atoms with Crippen LogP contribution in [0.1, 0.15) is 38.7 Å². The molecule has 6 rings (SSSR count). The highest BCUT2D eigenvalue weighted by atomic mass is 19.1. The first-order valence-corrected chi connectivity index (χ1v) is 12.8. The highest BCUT2D eigenvalue weighted by Gasteiger charge is 2.35. The van der Waals surface area contributed by atoms with Crippen LogP contribution < -0.4 is 21.1 Å². The molecule has 2 amide bonds. The number of amides is 2. The van der Waals surface area contributed by atoms with E-state index in [0.29, 0.717) is 42.1 Å². The number of rotatable bonds is 5. The van der Waals surface area contributed by atoms with Crippen LogP contribution in [0, 0.1) is 11.7 Å². The van der Waals surface area contributed by atoms with Crippen molar-refractivity contribution in [1.82, 2.24) is 9.55 Å². The van der Waals surface area contributed by atoms with Crippen LogP contribution in [0.2, 0.25) is 0 Å². The second kappa shape index (κ2) is 10.2. The smallest absolute Gasteiger partial charge is 0.255 e. The van der Waals surface area contributed by atoms with Gasteiger partial charge in [0.2, 0.25) is 0 Å². The highest BCUT2D eigenvalue weighted by molar-refractivity contribution is 6.09. The Morgan fingerprint density at radius 2 is 1.59 bits per heavy atom. The number of hydrogen-bond acceptors (Lipinski definition) is 5. The summed E-state index contributed by atoms with van der Waals surface area (Å²) in [4.78, 5) is 44.8. The van der Waals surface area contributed by atoms with Crippen molar-refractivity contribution in [1.29, 1.82) is 0 Å². The van der Waals surface area contributed by atoms with Gasteiger partial charge in [-0.2, -0.15) is 0 Å². The Labute approximate surface area is 224 Å². The summed E-state index contributed by atoms with van der Waals surface area (Å²) in [5.41, 5.74) is 3.59. The summed E-state index contributed by atoms with van der Waals surface area (Å²) in [5, 5.41) is 5.79. The third kappa shape index (κ3) is 5.03. The van der Waals surface area contributed by atoms with Gasteiger partial charge in [0.05, 0.1) is 11.4 Å². The van der Waals surface area contributed by atoms with Gasteiger partial charge in [0.15, 0.2) is 0 Å². The van der Waals surface area contributed by atoms with E-state index in [-0.39, 0.29) is 23.3 Å². The van der Waals surface area contributed by atoms with Gasteiger partial charge in [0.1, 0.15) is 5.82 Å². The maximum Gasteiger partial charge on any atom is 0.255 e. The predicted octanol–water partition coefficient (Wildman–Crippen LogP) is 4.51. The van der Waals surface area contributed by atoms with Crippen LogP contribution in [-0.4, -0.2) is 34.5 Å². The Bertz CT molecular complexity index is 1600. The van der Waals surface area contributed by atoms with Crippen LogP contribution >= 0.6 is 0 Å². The van der Waals surface area contributed by atoms with Crippen LogP contribution in [0.15, 0.2) is 90.0 Å². The maximum atomic E-state index is 13.4. The number of piperidine rings is 1. The number of benzene rings is 2. The molecule has 0 radical (unpaired) electrons. The van der Waals surface area contributed by atoms with E-state index in [2.05, 4.69) is 20.5 Å². The van der Waals surface area contributed by atoms with E-state index < -0.39 is 11.7 Å². The van der Waals surface area contributed by atoms with Crippen LogP contribution in [0.5, 0.6) is 0 Å². The number of halogens is 1. The van der Waals surface area contributed by atoms with Gasteiger partial charge in [-0.25, -0.2) is 4.39 Å². The zero-order valence-electron chi connectivity index (χ0n) is 21.0. The summed E-state index contributed by atoms with van der Waals surface area (Å²) in [7, 11) is 0. The number of nitrogens with one attached hydrogen (secondary N) is 2. The molecule has 2 N–H and O–H groups in total. The third-order valence-corrected chi connectivity index (χ3v) is 7.37. The zero-order chi connectivity index (χ0) is 26.9. The number of fused-ring (bicyclic) bond motifs is 4. The van der Waals surface area contributed by atoms with E-state index in [1.165, 1.54) is 24.3 Å². The molecule has 2 aliphatic heterocycles. The maximum absolute atomic E-state index is 13.4. The van der Waals surface area contributed by atoms with Crippen molar-refractivity contribution >= 4 is 28.9 Å². The highest BCUT2D eigenvalue weighted by Crippen LogP contribution is 2.39. The molecule has 9 heteroatoms. The fourth-order valence-electron chi connectivity index (χ4n) is 5.58. The topological polar surface area (TPSA) is 96.3 Å². The second-order valence-electron chi connectivity index (χ2n) is 9.99. The van der Waals surface area contributed by atoms with E-state index >= 15 is 0 Å².